The van der Waals surface area contributed by atoms with E-state index in [4.69, 9.17) is 16.7 Å². The van der Waals surface area contributed by atoms with Crippen LogP contribution in [-0.2, 0) is 0 Å². The van der Waals surface area contributed by atoms with Crippen molar-refractivity contribution in [2.24, 2.45) is 5.41 Å². The van der Waals surface area contributed by atoms with Gasteiger partial charge >= 0.3 is 5.97 Å². The minimum absolute atomic E-state index is 0.0955. The van der Waals surface area contributed by atoms with E-state index in [-0.39, 0.29) is 11.0 Å². The van der Waals surface area contributed by atoms with E-state index in [0.717, 1.165) is 18.8 Å². The van der Waals surface area contributed by atoms with Crippen molar-refractivity contribution in [1.29, 1.82) is 0 Å². The van der Waals surface area contributed by atoms with Gasteiger partial charge in [-0.15, -0.1) is 0 Å². The number of anilines is 1. The van der Waals surface area contributed by atoms with Gasteiger partial charge in [0, 0.05) is 13.1 Å². The minimum Gasteiger partial charge on any atom is -0.478 e. The lowest BCUT2D eigenvalue weighted by molar-refractivity contribution is 0.0697. The number of benzene rings is 1. The molecule has 0 aliphatic heterocycles. The molecule has 2 N–H and O–H groups in total. The summed E-state index contributed by atoms with van der Waals surface area (Å²) in [6.07, 6.45) is 0. The molecule has 1 aromatic carbocycles. The smallest absolute Gasteiger partial charge is 0.335 e. The first kappa shape index (κ1) is 15.8. The molecule has 0 spiro atoms. The fraction of sp³-hybridized carbons (Fsp3) is 0.500. The molecule has 0 aliphatic carbocycles. The summed E-state index contributed by atoms with van der Waals surface area (Å²) in [5.41, 5.74) is 1.06. The summed E-state index contributed by atoms with van der Waals surface area (Å²) in [4.78, 5) is 13.0. The van der Waals surface area contributed by atoms with Crippen molar-refractivity contribution in [1.82, 2.24) is 4.90 Å². The van der Waals surface area contributed by atoms with Crippen LogP contribution in [0.15, 0.2) is 18.2 Å². The summed E-state index contributed by atoms with van der Waals surface area (Å²) >= 11 is 6.07. The molecular weight excluding hydrogens is 264 g/mol. The SMILES string of the molecule is CN(C)CC(C)(C)CNc1ccc(C(=O)O)cc1Cl. The summed E-state index contributed by atoms with van der Waals surface area (Å²) in [5.74, 6) is -0.971. The first-order chi connectivity index (χ1) is 8.71. The topological polar surface area (TPSA) is 52.6 Å². The van der Waals surface area contributed by atoms with Gasteiger partial charge in [-0.3, -0.25) is 0 Å². The van der Waals surface area contributed by atoms with E-state index in [0.29, 0.717) is 5.02 Å². The second-order valence-electron chi connectivity index (χ2n) is 5.76. The molecule has 5 heteroatoms. The Morgan fingerprint density at radius 3 is 2.53 bits per heavy atom. The maximum absolute atomic E-state index is 10.8. The van der Waals surface area contributed by atoms with E-state index < -0.39 is 5.97 Å². The lowest BCUT2D eigenvalue weighted by atomic mass is 9.93. The Labute approximate surface area is 119 Å². The summed E-state index contributed by atoms with van der Waals surface area (Å²) in [5, 5.41) is 12.6. The van der Waals surface area contributed by atoms with Crippen molar-refractivity contribution in [3.63, 3.8) is 0 Å². The predicted octanol–water partition coefficient (Wildman–Crippen LogP) is 3.04. The summed E-state index contributed by atoms with van der Waals surface area (Å²) in [6.45, 7) is 6.04. The highest BCUT2D eigenvalue weighted by Gasteiger charge is 2.19. The maximum atomic E-state index is 10.8. The van der Waals surface area contributed by atoms with Gasteiger partial charge in [-0.25, -0.2) is 4.79 Å². The van der Waals surface area contributed by atoms with Crippen LogP contribution in [0.3, 0.4) is 0 Å². The molecule has 0 saturated heterocycles. The van der Waals surface area contributed by atoms with E-state index in [1.54, 1.807) is 12.1 Å². The fourth-order valence-corrected chi connectivity index (χ4v) is 2.29. The number of carboxylic acids is 1. The van der Waals surface area contributed by atoms with Crippen LogP contribution in [0.5, 0.6) is 0 Å². The zero-order valence-corrected chi connectivity index (χ0v) is 12.6. The van der Waals surface area contributed by atoms with Gasteiger partial charge < -0.3 is 15.3 Å². The molecule has 0 aromatic heterocycles. The predicted molar refractivity (Wildman–Crippen MR) is 79.2 cm³/mol. The summed E-state index contributed by atoms with van der Waals surface area (Å²) in [7, 11) is 4.08. The first-order valence-corrected chi connectivity index (χ1v) is 6.50. The van der Waals surface area contributed by atoms with E-state index in [1.165, 1.54) is 6.07 Å². The van der Waals surface area contributed by atoms with Crippen LogP contribution in [0.4, 0.5) is 5.69 Å². The van der Waals surface area contributed by atoms with Gasteiger partial charge in [0.25, 0.3) is 0 Å². The van der Waals surface area contributed by atoms with Crippen LogP contribution in [-0.4, -0.2) is 43.2 Å². The van der Waals surface area contributed by atoms with Crippen LogP contribution in [0.2, 0.25) is 5.02 Å². The Morgan fingerprint density at radius 1 is 1.42 bits per heavy atom. The number of carbonyl (C=O) groups is 1. The average Bonchev–Trinajstić information content (AvgIpc) is 2.25. The quantitative estimate of drug-likeness (QED) is 0.843. The third-order valence-corrected chi connectivity index (χ3v) is 3.03. The lowest BCUT2D eigenvalue weighted by Crippen LogP contribution is -2.34. The molecule has 0 fully saturated rings. The zero-order valence-electron chi connectivity index (χ0n) is 11.8. The van der Waals surface area contributed by atoms with E-state index in [1.807, 2.05) is 14.1 Å². The number of nitrogens with zero attached hydrogens (tertiary/aromatic N) is 1. The molecule has 0 aliphatic rings. The third kappa shape index (κ3) is 5.09. The van der Waals surface area contributed by atoms with Crippen molar-refractivity contribution in [3.8, 4) is 0 Å². The van der Waals surface area contributed by atoms with Gasteiger partial charge in [0.1, 0.15) is 0 Å². The molecule has 0 atom stereocenters. The molecule has 4 nitrogen and oxygen atoms in total. The number of hydrogen-bond donors (Lipinski definition) is 2. The lowest BCUT2D eigenvalue weighted by Gasteiger charge is -2.29. The van der Waals surface area contributed by atoms with Crippen molar-refractivity contribution in [2.45, 2.75) is 13.8 Å². The second-order valence-corrected chi connectivity index (χ2v) is 6.16. The number of aromatic carboxylic acids is 1. The molecule has 1 rings (SSSR count). The van der Waals surface area contributed by atoms with Gasteiger partial charge in [-0.2, -0.15) is 0 Å². The van der Waals surface area contributed by atoms with E-state index >= 15 is 0 Å². The molecule has 0 heterocycles. The molecular formula is C14H21ClN2O2. The Kier molecular flexibility index (Phi) is 5.20. The van der Waals surface area contributed by atoms with Crippen LogP contribution in [0, 0.1) is 5.41 Å². The molecule has 1 aromatic rings. The van der Waals surface area contributed by atoms with Gasteiger partial charge in [0.2, 0.25) is 0 Å². The molecule has 0 saturated carbocycles. The van der Waals surface area contributed by atoms with Crippen LogP contribution >= 0.6 is 11.6 Å². The third-order valence-electron chi connectivity index (χ3n) is 2.72. The Morgan fingerprint density at radius 2 is 2.05 bits per heavy atom. The van der Waals surface area contributed by atoms with Gasteiger partial charge in [-0.05, 0) is 37.7 Å². The molecule has 0 unspecified atom stereocenters. The molecule has 0 bridgehead atoms. The van der Waals surface area contributed by atoms with E-state index in [9.17, 15) is 4.79 Å². The normalized spacial score (nSPS) is 11.7. The maximum Gasteiger partial charge on any atom is 0.335 e. The van der Waals surface area contributed by atoms with Crippen molar-refractivity contribution >= 4 is 23.3 Å². The van der Waals surface area contributed by atoms with Crippen LogP contribution < -0.4 is 5.32 Å². The second kappa shape index (κ2) is 6.26. The van der Waals surface area contributed by atoms with Crippen molar-refractivity contribution < 1.29 is 9.90 Å². The number of carboxylic acid groups (broad SMARTS) is 1. The highest BCUT2D eigenvalue weighted by Crippen LogP contribution is 2.25. The summed E-state index contributed by atoms with van der Waals surface area (Å²) in [6, 6.07) is 4.72. The number of rotatable bonds is 6. The molecule has 106 valence electrons. The molecule has 19 heavy (non-hydrogen) atoms. The number of nitrogens with one attached hydrogen (secondary N) is 1. The van der Waals surface area contributed by atoms with Crippen molar-refractivity contribution in [3.05, 3.63) is 28.8 Å². The average molecular weight is 285 g/mol. The monoisotopic (exact) mass is 284 g/mol. The van der Waals surface area contributed by atoms with Gasteiger partial charge in [-0.1, -0.05) is 25.4 Å². The fourth-order valence-electron chi connectivity index (χ4n) is 2.04. The van der Waals surface area contributed by atoms with Crippen LogP contribution in [0.1, 0.15) is 24.2 Å². The Balaban J connectivity index is 2.71. The Hall–Kier alpha value is -1.26. The number of halogens is 1. The molecule has 0 amide bonds. The molecule has 0 radical (unpaired) electrons. The Bertz CT molecular complexity index is 459. The van der Waals surface area contributed by atoms with Gasteiger partial charge in [0.15, 0.2) is 0 Å². The number of hydrogen-bond acceptors (Lipinski definition) is 3. The highest BCUT2D eigenvalue weighted by molar-refractivity contribution is 6.33. The summed E-state index contributed by atoms with van der Waals surface area (Å²) < 4.78 is 0. The van der Waals surface area contributed by atoms with Crippen LogP contribution in [0.25, 0.3) is 0 Å². The van der Waals surface area contributed by atoms with Gasteiger partial charge in [0.05, 0.1) is 16.3 Å². The van der Waals surface area contributed by atoms with Crippen molar-refractivity contribution in [2.75, 3.05) is 32.5 Å². The minimum atomic E-state index is -0.971. The standard InChI is InChI=1S/C14H21ClN2O2/c1-14(2,9-17(3)4)8-16-12-6-5-10(13(18)19)7-11(12)15/h5-7,16H,8-9H2,1-4H3,(H,18,19). The van der Waals surface area contributed by atoms with E-state index in [2.05, 4.69) is 24.1 Å². The first-order valence-electron chi connectivity index (χ1n) is 6.13. The highest BCUT2D eigenvalue weighted by atomic mass is 35.5. The largest absolute Gasteiger partial charge is 0.478 e. The zero-order chi connectivity index (χ0) is 14.6.